The van der Waals surface area contributed by atoms with Crippen LogP contribution in [0.5, 0.6) is 0 Å². The zero-order valence-electron chi connectivity index (χ0n) is 7.79. The molecule has 0 radical (unpaired) electrons. The normalized spacial score (nSPS) is 28.8. The molecular weight excluding hydrogens is 267 g/mol. The van der Waals surface area contributed by atoms with E-state index in [9.17, 15) is 0 Å². The van der Waals surface area contributed by atoms with Gasteiger partial charge in [-0.05, 0) is 14.0 Å². The van der Waals surface area contributed by atoms with Gasteiger partial charge in [0.2, 0.25) is 0 Å². The molecule has 0 aromatic heterocycles. The molecular formula is C8H17IN2O. The van der Waals surface area contributed by atoms with Crippen LogP contribution in [0, 0.1) is 0 Å². The van der Waals surface area contributed by atoms with Crippen molar-refractivity contribution in [1.82, 2.24) is 8.01 Å². The van der Waals surface area contributed by atoms with Crippen LogP contribution in [0.1, 0.15) is 6.92 Å². The number of hydrogen-bond donors (Lipinski definition) is 0. The molecule has 1 aliphatic heterocycles. The second kappa shape index (κ2) is 5.36. The summed E-state index contributed by atoms with van der Waals surface area (Å²) in [6, 6.07) is 0. The van der Waals surface area contributed by atoms with E-state index in [0.29, 0.717) is 6.10 Å². The fourth-order valence-corrected chi connectivity index (χ4v) is 2.08. The maximum Gasteiger partial charge on any atom is 0.0836 e. The van der Waals surface area contributed by atoms with Crippen LogP contribution in [0.25, 0.3) is 0 Å². The Kier molecular flexibility index (Phi) is 4.78. The van der Waals surface area contributed by atoms with Crippen LogP contribution in [0.2, 0.25) is 0 Å². The highest BCUT2D eigenvalue weighted by Gasteiger charge is 2.19. The lowest BCUT2D eigenvalue weighted by Gasteiger charge is -2.19. The molecule has 0 aromatic carbocycles. The third-order valence-electron chi connectivity index (χ3n) is 2.04. The average Bonchev–Trinajstić information content (AvgIpc) is 2.14. The molecule has 3 nitrogen and oxygen atoms in total. The predicted molar refractivity (Wildman–Crippen MR) is 58.5 cm³/mol. The van der Waals surface area contributed by atoms with Gasteiger partial charge in [-0.2, -0.15) is 0 Å². The van der Waals surface area contributed by atoms with Crippen LogP contribution in [-0.2, 0) is 4.74 Å². The third-order valence-corrected chi connectivity index (χ3v) is 2.92. The fourth-order valence-electron chi connectivity index (χ4n) is 1.43. The molecule has 1 heterocycles. The highest BCUT2D eigenvalue weighted by molar-refractivity contribution is 14.1. The maximum absolute atomic E-state index is 5.62. The molecule has 0 aliphatic carbocycles. The first-order chi connectivity index (χ1) is 5.72. The third kappa shape index (κ3) is 3.55. The first-order valence-corrected chi connectivity index (χ1v) is 5.39. The molecule has 1 aliphatic rings. The highest BCUT2D eigenvalue weighted by Crippen LogP contribution is 2.08. The molecule has 0 amide bonds. The smallest absolute Gasteiger partial charge is 0.0836 e. The minimum Gasteiger partial charge on any atom is -0.376 e. The Morgan fingerprint density at radius 2 is 2.17 bits per heavy atom. The van der Waals surface area contributed by atoms with Crippen LogP contribution < -0.4 is 0 Å². The summed E-state index contributed by atoms with van der Waals surface area (Å²) in [5.41, 5.74) is 0. The van der Waals surface area contributed by atoms with Crippen LogP contribution in [0.3, 0.4) is 0 Å². The maximum atomic E-state index is 5.62. The van der Waals surface area contributed by atoms with E-state index in [2.05, 4.69) is 44.8 Å². The Bertz CT molecular complexity index is 122. The van der Waals surface area contributed by atoms with Crippen LogP contribution in [-0.4, -0.2) is 54.0 Å². The average molecular weight is 284 g/mol. The van der Waals surface area contributed by atoms with Gasteiger partial charge in [-0.1, -0.05) is 0 Å². The molecule has 1 unspecified atom stereocenters. The Labute approximate surface area is 88.5 Å². The molecule has 0 saturated carbocycles. The van der Waals surface area contributed by atoms with Gasteiger partial charge in [0.1, 0.15) is 0 Å². The Morgan fingerprint density at radius 1 is 1.42 bits per heavy atom. The summed E-state index contributed by atoms with van der Waals surface area (Å²) in [4.78, 5) is 2.33. The molecule has 0 bridgehead atoms. The summed E-state index contributed by atoms with van der Waals surface area (Å²) >= 11 is 2.37. The molecule has 1 saturated heterocycles. The van der Waals surface area contributed by atoms with Crippen LogP contribution in [0.15, 0.2) is 0 Å². The molecule has 12 heavy (non-hydrogen) atoms. The fraction of sp³-hybridized carbons (Fsp3) is 1.00. The predicted octanol–water partition coefficient (Wildman–Crippen LogP) is 0.989. The van der Waals surface area contributed by atoms with Crippen molar-refractivity contribution in [2.24, 2.45) is 0 Å². The summed E-state index contributed by atoms with van der Waals surface area (Å²) in [5, 5.41) is 0. The van der Waals surface area contributed by atoms with Crippen molar-refractivity contribution in [3.63, 3.8) is 0 Å². The number of likely N-dealkylation sites (N-methyl/N-ethyl adjacent to an activating group) is 1. The van der Waals surface area contributed by atoms with E-state index in [-0.39, 0.29) is 0 Å². The van der Waals surface area contributed by atoms with Gasteiger partial charge in [0, 0.05) is 55.7 Å². The van der Waals surface area contributed by atoms with Crippen molar-refractivity contribution < 1.29 is 4.74 Å². The summed E-state index contributed by atoms with van der Waals surface area (Å²) in [6.45, 7) is 7.28. The van der Waals surface area contributed by atoms with Gasteiger partial charge in [0.15, 0.2) is 0 Å². The monoisotopic (exact) mass is 284 g/mol. The number of ether oxygens (including phenoxy) is 1. The summed E-state index contributed by atoms with van der Waals surface area (Å²) in [5.74, 6) is 0. The van der Waals surface area contributed by atoms with Crippen molar-refractivity contribution in [2.75, 3.05) is 39.8 Å². The standard InChI is InChI=1S/C8H17IN2O/c1-3-12-8-6-10(2)4-5-11(9)7-8/h8H,3-7H2,1-2H3. The topological polar surface area (TPSA) is 15.7 Å². The molecule has 4 heteroatoms. The van der Waals surface area contributed by atoms with E-state index in [1.807, 2.05) is 0 Å². The van der Waals surface area contributed by atoms with Crippen molar-refractivity contribution in [3.05, 3.63) is 0 Å². The Morgan fingerprint density at radius 3 is 2.83 bits per heavy atom. The van der Waals surface area contributed by atoms with E-state index in [0.717, 1.165) is 32.8 Å². The van der Waals surface area contributed by atoms with Crippen molar-refractivity contribution in [2.45, 2.75) is 13.0 Å². The van der Waals surface area contributed by atoms with Crippen LogP contribution in [0.4, 0.5) is 0 Å². The van der Waals surface area contributed by atoms with E-state index < -0.39 is 0 Å². The minimum absolute atomic E-state index is 0.388. The van der Waals surface area contributed by atoms with Gasteiger partial charge in [-0.3, -0.25) is 0 Å². The second-order valence-corrected chi connectivity index (χ2v) is 4.57. The zero-order valence-corrected chi connectivity index (χ0v) is 9.95. The number of hydrogen-bond acceptors (Lipinski definition) is 3. The number of rotatable bonds is 2. The lowest BCUT2D eigenvalue weighted by atomic mass is 10.3. The van der Waals surface area contributed by atoms with E-state index in [1.54, 1.807) is 0 Å². The van der Waals surface area contributed by atoms with Crippen LogP contribution >= 0.6 is 22.9 Å². The SMILES string of the molecule is CCOC1CN(C)CCN(I)C1. The molecule has 1 rings (SSSR count). The van der Waals surface area contributed by atoms with Crippen molar-refractivity contribution >= 4 is 22.9 Å². The van der Waals surface area contributed by atoms with Gasteiger partial charge in [-0.15, -0.1) is 0 Å². The van der Waals surface area contributed by atoms with Crippen molar-refractivity contribution in [1.29, 1.82) is 0 Å². The van der Waals surface area contributed by atoms with Gasteiger partial charge < -0.3 is 9.64 Å². The van der Waals surface area contributed by atoms with E-state index in [4.69, 9.17) is 4.74 Å². The Hall–Kier alpha value is 0.610. The number of nitrogens with zero attached hydrogens (tertiary/aromatic N) is 2. The molecule has 1 fully saturated rings. The quantitative estimate of drug-likeness (QED) is 0.555. The molecule has 0 aromatic rings. The lowest BCUT2D eigenvalue weighted by Crippen LogP contribution is -2.32. The van der Waals surface area contributed by atoms with Gasteiger partial charge in [0.25, 0.3) is 0 Å². The van der Waals surface area contributed by atoms with Gasteiger partial charge in [-0.25, -0.2) is 3.11 Å². The summed E-state index contributed by atoms with van der Waals surface area (Å²) in [7, 11) is 2.15. The summed E-state index contributed by atoms with van der Waals surface area (Å²) < 4.78 is 7.92. The first kappa shape index (κ1) is 10.7. The van der Waals surface area contributed by atoms with E-state index in [1.165, 1.54) is 0 Å². The summed E-state index contributed by atoms with van der Waals surface area (Å²) in [6.07, 6.45) is 0.388. The highest BCUT2D eigenvalue weighted by atomic mass is 127. The largest absolute Gasteiger partial charge is 0.376 e. The van der Waals surface area contributed by atoms with Gasteiger partial charge >= 0.3 is 0 Å². The molecule has 1 atom stereocenters. The van der Waals surface area contributed by atoms with Gasteiger partial charge in [0.05, 0.1) is 6.10 Å². The molecule has 0 spiro atoms. The van der Waals surface area contributed by atoms with E-state index >= 15 is 0 Å². The number of halogens is 1. The van der Waals surface area contributed by atoms with Crippen molar-refractivity contribution in [3.8, 4) is 0 Å². The second-order valence-electron chi connectivity index (χ2n) is 3.21. The first-order valence-electron chi connectivity index (χ1n) is 4.43. The Balaban J connectivity index is 2.38. The lowest BCUT2D eigenvalue weighted by molar-refractivity contribution is 0.0445. The minimum atomic E-state index is 0.388. The molecule has 0 N–H and O–H groups in total. The molecule has 72 valence electrons. The zero-order chi connectivity index (χ0) is 8.97.